The molecule has 2 aromatic heterocycles. The fourth-order valence-corrected chi connectivity index (χ4v) is 4.50. The lowest BCUT2D eigenvalue weighted by molar-refractivity contribution is 0.588. The van der Waals surface area contributed by atoms with Gasteiger partial charge in [-0.05, 0) is 0 Å². The van der Waals surface area contributed by atoms with Gasteiger partial charge >= 0.3 is 0 Å². The molecule has 0 radical (unpaired) electrons. The fourth-order valence-electron chi connectivity index (χ4n) is 2.49. The summed E-state index contributed by atoms with van der Waals surface area (Å²) in [5, 5.41) is 13.6. The second kappa shape index (κ2) is 9.17. The van der Waals surface area contributed by atoms with Crippen molar-refractivity contribution >= 4 is 56.1 Å². The molecule has 0 atom stereocenters. The van der Waals surface area contributed by atoms with E-state index in [9.17, 15) is 0 Å². The van der Waals surface area contributed by atoms with E-state index in [1.54, 1.807) is 22.7 Å². The summed E-state index contributed by atoms with van der Waals surface area (Å²) in [7, 11) is 0. The number of rotatable bonds is 2. The molecule has 6 nitrogen and oxygen atoms in total. The first-order valence-corrected chi connectivity index (χ1v) is 10.4. The molecule has 0 spiro atoms. The minimum atomic E-state index is 0.605. The highest BCUT2D eigenvalue weighted by Gasteiger charge is 2.13. The Morgan fingerprint density at radius 1 is 0.750 bits per heavy atom. The van der Waals surface area contributed by atoms with E-state index in [1.807, 2.05) is 10.8 Å². The minimum Gasteiger partial charge on any atom is -0.346 e. The molecule has 0 unspecified atom stereocenters. The van der Waals surface area contributed by atoms with Crippen LogP contribution in [0.15, 0.2) is 10.8 Å². The summed E-state index contributed by atoms with van der Waals surface area (Å²) in [6.07, 6.45) is 0. The van der Waals surface area contributed by atoms with E-state index in [1.165, 1.54) is 0 Å². The third-order valence-corrected chi connectivity index (χ3v) is 6.15. The van der Waals surface area contributed by atoms with Gasteiger partial charge in [-0.1, -0.05) is 23.2 Å². The zero-order valence-electron chi connectivity index (χ0n) is 13.2. The van der Waals surface area contributed by atoms with E-state index >= 15 is 0 Å². The number of hydrogen-bond donors (Lipinski definition) is 2. The highest BCUT2D eigenvalue weighted by Crippen LogP contribution is 2.23. The number of anilines is 2. The van der Waals surface area contributed by atoms with Crippen molar-refractivity contribution < 1.29 is 0 Å². The molecule has 2 fully saturated rings. The highest BCUT2D eigenvalue weighted by atomic mass is 35.5. The Kier molecular flexibility index (Phi) is 6.94. The van der Waals surface area contributed by atoms with E-state index in [2.05, 4.69) is 30.4 Å². The maximum absolute atomic E-state index is 5.74. The molecular formula is C14H20Cl2N6S2. The molecule has 2 aliphatic heterocycles. The Hall–Kier alpha value is -0.640. The number of nitrogens with one attached hydrogen (secondary N) is 2. The van der Waals surface area contributed by atoms with Gasteiger partial charge in [0.1, 0.15) is 10.3 Å². The van der Waals surface area contributed by atoms with E-state index in [-0.39, 0.29) is 0 Å². The molecule has 0 aliphatic carbocycles. The van der Waals surface area contributed by atoms with E-state index in [0.29, 0.717) is 10.3 Å². The zero-order chi connectivity index (χ0) is 16.8. The van der Waals surface area contributed by atoms with Crippen LogP contribution in [-0.4, -0.2) is 62.3 Å². The van der Waals surface area contributed by atoms with Crippen LogP contribution in [0.5, 0.6) is 0 Å². The predicted octanol–water partition coefficient (Wildman–Crippen LogP) is 2.41. The van der Waals surface area contributed by atoms with Crippen LogP contribution in [0.3, 0.4) is 0 Å². The fraction of sp³-hybridized carbons (Fsp3) is 0.571. The number of thiazole rings is 2. The lowest BCUT2D eigenvalue weighted by atomic mass is 10.4. The third-order valence-electron chi connectivity index (χ3n) is 3.70. The summed E-state index contributed by atoms with van der Waals surface area (Å²) < 4.78 is 0. The molecule has 0 bridgehead atoms. The SMILES string of the molecule is Clc1csc(N2CCNCC2)n1.Clc1csc(N2CCNCC2)n1. The molecule has 24 heavy (non-hydrogen) atoms. The van der Waals surface area contributed by atoms with Gasteiger partial charge in [-0.25, -0.2) is 9.97 Å². The Balaban J connectivity index is 0.000000141. The molecule has 0 saturated carbocycles. The topological polar surface area (TPSA) is 56.3 Å². The molecule has 2 N–H and O–H groups in total. The van der Waals surface area contributed by atoms with E-state index in [0.717, 1.165) is 62.6 Å². The van der Waals surface area contributed by atoms with Crippen molar-refractivity contribution in [3.8, 4) is 0 Å². The van der Waals surface area contributed by atoms with Crippen molar-refractivity contribution in [1.82, 2.24) is 20.6 Å². The molecule has 4 rings (SSSR count). The van der Waals surface area contributed by atoms with Crippen LogP contribution in [0.25, 0.3) is 0 Å². The van der Waals surface area contributed by atoms with Crippen LogP contribution in [0.4, 0.5) is 10.3 Å². The maximum Gasteiger partial charge on any atom is 0.186 e. The second-order valence-corrected chi connectivity index (χ2v) is 7.83. The lowest BCUT2D eigenvalue weighted by Gasteiger charge is -2.26. The first kappa shape index (κ1) is 18.2. The van der Waals surface area contributed by atoms with Gasteiger partial charge in [0.05, 0.1) is 0 Å². The Labute approximate surface area is 159 Å². The summed E-state index contributed by atoms with van der Waals surface area (Å²) in [4.78, 5) is 12.9. The highest BCUT2D eigenvalue weighted by molar-refractivity contribution is 7.14. The molecule has 2 saturated heterocycles. The summed E-state index contributed by atoms with van der Waals surface area (Å²) in [5.41, 5.74) is 0. The van der Waals surface area contributed by atoms with Crippen LogP contribution in [0, 0.1) is 0 Å². The predicted molar refractivity (Wildman–Crippen MR) is 104 cm³/mol. The van der Waals surface area contributed by atoms with Gasteiger partial charge in [-0.15, -0.1) is 22.7 Å². The second-order valence-electron chi connectivity index (χ2n) is 5.38. The summed E-state index contributed by atoms with van der Waals surface area (Å²) in [6.45, 7) is 8.28. The van der Waals surface area contributed by atoms with Gasteiger partial charge in [0.25, 0.3) is 0 Å². The van der Waals surface area contributed by atoms with E-state index in [4.69, 9.17) is 23.2 Å². The number of piperazine rings is 2. The van der Waals surface area contributed by atoms with Gasteiger partial charge < -0.3 is 20.4 Å². The van der Waals surface area contributed by atoms with Gasteiger partial charge in [0.15, 0.2) is 10.3 Å². The number of aromatic nitrogens is 2. The quantitative estimate of drug-likeness (QED) is 0.798. The standard InChI is InChI=1S/2C7H10ClN3S/c2*8-6-5-12-7(10-6)11-3-1-9-2-4-11/h2*5,9H,1-4H2. The average Bonchev–Trinajstić information content (AvgIpc) is 3.26. The van der Waals surface area contributed by atoms with Crippen LogP contribution in [0.1, 0.15) is 0 Å². The van der Waals surface area contributed by atoms with Crippen LogP contribution < -0.4 is 20.4 Å². The Morgan fingerprint density at radius 3 is 1.42 bits per heavy atom. The number of nitrogens with zero attached hydrogens (tertiary/aromatic N) is 4. The van der Waals surface area contributed by atoms with Gasteiger partial charge in [-0.2, -0.15) is 0 Å². The van der Waals surface area contributed by atoms with Gasteiger partial charge in [0.2, 0.25) is 0 Å². The Morgan fingerprint density at radius 2 is 1.12 bits per heavy atom. The van der Waals surface area contributed by atoms with Crippen molar-refractivity contribution in [1.29, 1.82) is 0 Å². The van der Waals surface area contributed by atoms with Crippen molar-refractivity contribution in [3.05, 3.63) is 21.1 Å². The molecular weight excluding hydrogens is 387 g/mol. The molecule has 4 heterocycles. The maximum atomic E-state index is 5.74. The molecule has 0 amide bonds. The molecule has 0 aromatic carbocycles. The number of hydrogen-bond acceptors (Lipinski definition) is 8. The smallest absolute Gasteiger partial charge is 0.186 e. The van der Waals surface area contributed by atoms with Gasteiger partial charge in [0, 0.05) is 63.1 Å². The summed E-state index contributed by atoms with van der Waals surface area (Å²) in [5.74, 6) is 0. The van der Waals surface area contributed by atoms with Gasteiger partial charge in [-0.3, -0.25) is 0 Å². The average molecular weight is 407 g/mol. The largest absolute Gasteiger partial charge is 0.346 e. The summed E-state index contributed by atoms with van der Waals surface area (Å²) >= 11 is 14.7. The third kappa shape index (κ3) is 5.18. The van der Waals surface area contributed by atoms with Crippen LogP contribution in [-0.2, 0) is 0 Å². The van der Waals surface area contributed by atoms with Crippen molar-refractivity contribution in [2.45, 2.75) is 0 Å². The molecule has 2 aliphatic rings. The molecule has 10 heteroatoms. The normalized spacial score (nSPS) is 18.2. The Bertz CT molecular complexity index is 568. The lowest BCUT2D eigenvalue weighted by Crippen LogP contribution is -2.43. The van der Waals surface area contributed by atoms with Crippen molar-refractivity contribution in [3.63, 3.8) is 0 Å². The zero-order valence-corrected chi connectivity index (χ0v) is 16.3. The van der Waals surface area contributed by atoms with Crippen LogP contribution >= 0.6 is 45.9 Å². The van der Waals surface area contributed by atoms with Crippen molar-refractivity contribution in [2.75, 3.05) is 62.2 Å². The monoisotopic (exact) mass is 406 g/mol. The van der Waals surface area contributed by atoms with Crippen LogP contribution in [0.2, 0.25) is 10.3 Å². The molecule has 132 valence electrons. The first-order valence-electron chi connectivity index (χ1n) is 7.86. The minimum absolute atomic E-state index is 0.605. The first-order chi connectivity index (χ1) is 11.7. The summed E-state index contributed by atoms with van der Waals surface area (Å²) in [6, 6.07) is 0. The van der Waals surface area contributed by atoms with Crippen molar-refractivity contribution in [2.24, 2.45) is 0 Å². The number of halogens is 2. The molecule has 2 aromatic rings. The van der Waals surface area contributed by atoms with E-state index < -0.39 is 0 Å².